The molecule has 2 heterocycles. The van der Waals surface area contributed by atoms with E-state index < -0.39 is 0 Å². The van der Waals surface area contributed by atoms with Gasteiger partial charge in [0.1, 0.15) is 24.3 Å². The van der Waals surface area contributed by atoms with Crippen molar-refractivity contribution >= 4 is 5.82 Å². The van der Waals surface area contributed by atoms with E-state index in [2.05, 4.69) is 5.10 Å². The average molecular weight is 280 g/mol. The van der Waals surface area contributed by atoms with Gasteiger partial charge in [0, 0.05) is 0 Å². The van der Waals surface area contributed by atoms with Crippen molar-refractivity contribution in [2.45, 2.75) is 6.61 Å². The zero-order valence-electron chi connectivity index (χ0n) is 11.1. The number of hydrogen-bond acceptors (Lipinski definition) is 5. The quantitative estimate of drug-likeness (QED) is 0.793. The third kappa shape index (κ3) is 2.44. The van der Waals surface area contributed by atoms with E-state index in [0.29, 0.717) is 5.76 Å². The van der Waals surface area contributed by atoms with E-state index in [1.165, 1.54) is 4.68 Å². The summed E-state index contributed by atoms with van der Waals surface area (Å²) in [5.41, 5.74) is 6.95. The Bertz CT molecular complexity index is 770. The van der Waals surface area contributed by atoms with Gasteiger partial charge in [-0.3, -0.25) is 0 Å². The van der Waals surface area contributed by atoms with Crippen molar-refractivity contribution in [2.24, 2.45) is 0 Å². The van der Waals surface area contributed by atoms with Crippen LogP contribution in [0.1, 0.15) is 11.3 Å². The second-order valence-electron chi connectivity index (χ2n) is 4.29. The number of anilines is 1. The Morgan fingerprint density at radius 3 is 2.71 bits per heavy atom. The van der Waals surface area contributed by atoms with Gasteiger partial charge >= 0.3 is 0 Å². The van der Waals surface area contributed by atoms with Gasteiger partial charge in [-0.25, -0.2) is 4.68 Å². The minimum absolute atomic E-state index is 0.187. The van der Waals surface area contributed by atoms with Gasteiger partial charge < -0.3 is 14.9 Å². The summed E-state index contributed by atoms with van der Waals surface area (Å²) in [6.45, 7) is 0.187. The highest BCUT2D eigenvalue weighted by Crippen LogP contribution is 2.26. The maximum Gasteiger partial charge on any atom is 0.254 e. The van der Waals surface area contributed by atoms with Gasteiger partial charge in [-0.15, -0.1) is 5.10 Å². The predicted octanol–water partition coefficient (Wildman–Crippen LogP) is 2.50. The summed E-state index contributed by atoms with van der Waals surface area (Å²) in [5, 5.41) is 13.5. The smallest absolute Gasteiger partial charge is 0.254 e. The summed E-state index contributed by atoms with van der Waals surface area (Å²) in [7, 11) is 0. The molecule has 2 aromatic heterocycles. The number of ether oxygens (including phenoxy) is 1. The first-order valence-electron chi connectivity index (χ1n) is 6.29. The van der Waals surface area contributed by atoms with Crippen LogP contribution < -0.4 is 10.5 Å². The van der Waals surface area contributed by atoms with E-state index in [-0.39, 0.29) is 23.9 Å². The summed E-state index contributed by atoms with van der Waals surface area (Å²) in [5.74, 6) is 1.08. The van der Waals surface area contributed by atoms with E-state index in [1.807, 2.05) is 36.4 Å². The lowest BCUT2D eigenvalue weighted by Crippen LogP contribution is -2.02. The Morgan fingerprint density at radius 1 is 1.24 bits per heavy atom. The number of aromatic nitrogens is 2. The predicted molar refractivity (Wildman–Crippen MR) is 75.7 cm³/mol. The van der Waals surface area contributed by atoms with Gasteiger partial charge in [0.15, 0.2) is 5.56 Å². The number of nitrogens with two attached hydrogens (primary N) is 1. The maximum absolute atomic E-state index is 9.23. The normalized spacial score (nSPS) is 10.2. The summed E-state index contributed by atoms with van der Waals surface area (Å²) in [6, 6.07) is 14.9. The number of hydrogen-bond donors (Lipinski definition) is 1. The third-order valence-electron chi connectivity index (χ3n) is 2.93. The molecule has 0 atom stereocenters. The highest BCUT2D eigenvalue weighted by molar-refractivity contribution is 5.58. The molecule has 0 amide bonds. The van der Waals surface area contributed by atoms with Gasteiger partial charge in [0.05, 0.1) is 12.0 Å². The lowest BCUT2D eigenvalue weighted by atomic mass is 10.3. The third-order valence-corrected chi connectivity index (χ3v) is 2.93. The van der Waals surface area contributed by atoms with Gasteiger partial charge in [-0.1, -0.05) is 18.2 Å². The fraction of sp³-hybridized carbons (Fsp3) is 0.0667. The molecule has 0 radical (unpaired) electrons. The van der Waals surface area contributed by atoms with E-state index in [9.17, 15) is 5.26 Å². The van der Waals surface area contributed by atoms with Gasteiger partial charge in [0.2, 0.25) is 0 Å². The number of para-hydroxylation sites is 1. The molecule has 1 aromatic carbocycles. The van der Waals surface area contributed by atoms with E-state index in [4.69, 9.17) is 14.9 Å². The number of rotatable bonds is 4. The molecular weight excluding hydrogens is 268 g/mol. The van der Waals surface area contributed by atoms with Crippen LogP contribution in [0.15, 0.2) is 53.1 Å². The fourth-order valence-corrected chi connectivity index (χ4v) is 1.92. The van der Waals surface area contributed by atoms with E-state index in [1.54, 1.807) is 18.4 Å². The highest BCUT2D eigenvalue weighted by Gasteiger charge is 2.18. The second kappa shape index (κ2) is 5.43. The summed E-state index contributed by atoms with van der Waals surface area (Å²) in [6.07, 6.45) is 1.56. The van der Waals surface area contributed by atoms with Crippen molar-refractivity contribution in [3.63, 3.8) is 0 Å². The minimum atomic E-state index is 0.187. The number of benzene rings is 1. The van der Waals surface area contributed by atoms with Crippen molar-refractivity contribution in [2.75, 3.05) is 5.73 Å². The van der Waals surface area contributed by atoms with Crippen LogP contribution in [0.3, 0.4) is 0 Å². The van der Waals surface area contributed by atoms with Crippen LogP contribution in [0.4, 0.5) is 5.82 Å². The molecule has 2 N–H and O–H groups in total. The fourth-order valence-electron chi connectivity index (χ4n) is 1.92. The molecule has 6 nitrogen and oxygen atoms in total. The van der Waals surface area contributed by atoms with Crippen molar-refractivity contribution in [1.29, 1.82) is 5.26 Å². The van der Waals surface area contributed by atoms with Crippen LogP contribution in [0.25, 0.3) is 5.69 Å². The molecule has 0 aliphatic carbocycles. The van der Waals surface area contributed by atoms with E-state index in [0.717, 1.165) is 5.69 Å². The molecule has 104 valence electrons. The minimum Gasteiger partial charge on any atom is -0.467 e. The first-order valence-corrected chi connectivity index (χ1v) is 6.29. The molecule has 0 spiro atoms. The first-order chi connectivity index (χ1) is 10.3. The van der Waals surface area contributed by atoms with Gasteiger partial charge in [-0.05, 0) is 24.3 Å². The Balaban J connectivity index is 1.92. The Labute approximate surface area is 121 Å². The average Bonchev–Trinajstić information content (AvgIpc) is 3.13. The zero-order valence-corrected chi connectivity index (χ0v) is 11.1. The van der Waals surface area contributed by atoms with Crippen LogP contribution in [0.5, 0.6) is 5.88 Å². The maximum atomic E-state index is 9.23. The molecule has 0 saturated heterocycles. The molecule has 3 aromatic rings. The first kappa shape index (κ1) is 12.8. The van der Waals surface area contributed by atoms with Crippen LogP contribution in [0.2, 0.25) is 0 Å². The largest absolute Gasteiger partial charge is 0.467 e. The Hall–Kier alpha value is -3.20. The Kier molecular flexibility index (Phi) is 3.31. The molecule has 0 fully saturated rings. The monoisotopic (exact) mass is 280 g/mol. The van der Waals surface area contributed by atoms with Crippen LogP contribution in [-0.2, 0) is 6.61 Å². The van der Waals surface area contributed by atoms with Crippen molar-refractivity contribution < 1.29 is 9.15 Å². The number of nitrogens with zero attached hydrogens (tertiary/aromatic N) is 3. The summed E-state index contributed by atoms with van der Waals surface area (Å²) >= 11 is 0. The van der Waals surface area contributed by atoms with Crippen molar-refractivity contribution in [3.8, 4) is 17.6 Å². The molecule has 0 saturated carbocycles. The molecule has 0 unspecified atom stereocenters. The van der Waals surface area contributed by atoms with Crippen LogP contribution in [0, 0.1) is 11.3 Å². The molecule has 6 heteroatoms. The molecule has 0 bridgehead atoms. The number of nitriles is 1. The summed E-state index contributed by atoms with van der Waals surface area (Å²) in [4.78, 5) is 0. The molecule has 0 aliphatic heterocycles. The van der Waals surface area contributed by atoms with E-state index >= 15 is 0 Å². The lowest BCUT2D eigenvalue weighted by Gasteiger charge is -2.02. The van der Waals surface area contributed by atoms with Crippen molar-refractivity contribution in [1.82, 2.24) is 9.78 Å². The molecule has 21 heavy (non-hydrogen) atoms. The van der Waals surface area contributed by atoms with Crippen LogP contribution >= 0.6 is 0 Å². The summed E-state index contributed by atoms with van der Waals surface area (Å²) < 4.78 is 12.2. The second-order valence-corrected chi connectivity index (χ2v) is 4.29. The number of nitrogen functional groups attached to an aromatic ring is 1. The highest BCUT2D eigenvalue weighted by atomic mass is 16.5. The Morgan fingerprint density at radius 2 is 2.05 bits per heavy atom. The topological polar surface area (TPSA) is 90.0 Å². The molecular formula is C15H12N4O2. The van der Waals surface area contributed by atoms with Gasteiger partial charge in [-0.2, -0.15) is 5.26 Å². The van der Waals surface area contributed by atoms with Gasteiger partial charge in [0.25, 0.3) is 5.88 Å². The SMILES string of the molecule is N#Cc1c(OCc2ccco2)nn(-c2ccccc2)c1N. The van der Waals surface area contributed by atoms with Crippen molar-refractivity contribution in [3.05, 3.63) is 60.1 Å². The molecule has 0 aliphatic rings. The lowest BCUT2D eigenvalue weighted by molar-refractivity contribution is 0.258. The van der Waals surface area contributed by atoms with Crippen LogP contribution in [-0.4, -0.2) is 9.78 Å². The molecule has 3 rings (SSSR count). The standard InChI is InChI=1S/C15H12N4O2/c16-9-13-14(17)19(11-5-2-1-3-6-11)18-15(13)21-10-12-7-4-8-20-12/h1-8H,10,17H2. The number of furan rings is 1. The zero-order chi connectivity index (χ0) is 14.7.